The van der Waals surface area contributed by atoms with Crippen molar-refractivity contribution in [3.63, 3.8) is 0 Å². The molecule has 1 saturated carbocycles. The Morgan fingerprint density at radius 1 is 1.18 bits per heavy atom. The van der Waals surface area contributed by atoms with E-state index in [1.807, 2.05) is 54.0 Å². The third kappa shape index (κ3) is 3.03. The molecule has 6 heteroatoms. The first-order valence-electron chi connectivity index (χ1n) is 9.94. The van der Waals surface area contributed by atoms with Gasteiger partial charge in [0.25, 0.3) is 0 Å². The fourth-order valence-corrected chi connectivity index (χ4v) is 4.18. The molecule has 1 aliphatic rings. The standard InChI is InChI=1S/C22H24N4O2/c1-23-13-12-22(10-4-5-11-22)28-21-9-8-20-24-15-17(26(20)25-21)19-14-16-6-2-3-7-18(16)27-19/h2-3,6-9,14-15,23H,4-5,10-13H2,1H3. The van der Waals surface area contributed by atoms with Gasteiger partial charge in [0.05, 0.1) is 6.20 Å². The highest BCUT2D eigenvalue weighted by molar-refractivity contribution is 5.82. The number of nitrogens with zero attached hydrogens (tertiary/aromatic N) is 3. The summed E-state index contributed by atoms with van der Waals surface area (Å²) in [6.07, 6.45) is 7.37. The van der Waals surface area contributed by atoms with Crippen molar-refractivity contribution in [2.45, 2.75) is 37.7 Å². The molecule has 0 unspecified atom stereocenters. The van der Waals surface area contributed by atoms with Gasteiger partial charge in [-0.1, -0.05) is 18.2 Å². The van der Waals surface area contributed by atoms with Crippen LogP contribution in [0.3, 0.4) is 0 Å². The van der Waals surface area contributed by atoms with Gasteiger partial charge in [-0.3, -0.25) is 0 Å². The normalized spacial score (nSPS) is 16.2. The monoisotopic (exact) mass is 376 g/mol. The van der Waals surface area contributed by atoms with Crippen molar-refractivity contribution < 1.29 is 9.15 Å². The number of nitrogens with one attached hydrogen (secondary N) is 1. The van der Waals surface area contributed by atoms with Gasteiger partial charge in [0.15, 0.2) is 11.4 Å². The predicted octanol–water partition coefficient (Wildman–Crippen LogP) is 4.44. The minimum absolute atomic E-state index is 0.121. The highest BCUT2D eigenvalue weighted by Gasteiger charge is 2.36. The number of hydrogen-bond donors (Lipinski definition) is 1. The van der Waals surface area contributed by atoms with E-state index >= 15 is 0 Å². The van der Waals surface area contributed by atoms with Gasteiger partial charge in [-0.2, -0.15) is 0 Å². The lowest BCUT2D eigenvalue weighted by Crippen LogP contribution is -2.36. The summed E-state index contributed by atoms with van der Waals surface area (Å²) >= 11 is 0. The molecular weight excluding hydrogens is 352 g/mol. The number of benzene rings is 1. The zero-order valence-electron chi connectivity index (χ0n) is 16.0. The van der Waals surface area contributed by atoms with Crippen LogP contribution in [0.5, 0.6) is 5.88 Å². The molecule has 3 heterocycles. The summed E-state index contributed by atoms with van der Waals surface area (Å²) in [5.74, 6) is 1.39. The van der Waals surface area contributed by atoms with Gasteiger partial charge in [-0.15, -0.1) is 5.10 Å². The van der Waals surface area contributed by atoms with E-state index in [2.05, 4.69) is 10.3 Å². The molecule has 28 heavy (non-hydrogen) atoms. The Kier molecular flexibility index (Phi) is 4.28. The van der Waals surface area contributed by atoms with Crippen LogP contribution in [0.4, 0.5) is 0 Å². The highest BCUT2D eigenvalue weighted by Crippen LogP contribution is 2.36. The van der Waals surface area contributed by atoms with E-state index in [0.717, 1.165) is 53.9 Å². The van der Waals surface area contributed by atoms with Crippen LogP contribution < -0.4 is 10.1 Å². The highest BCUT2D eigenvalue weighted by atomic mass is 16.5. The molecule has 1 aromatic carbocycles. The van der Waals surface area contributed by atoms with E-state index in [0.29, 0.717) is 5.88 Å². The van der Waals surface area contributed by atoms with Crippen LogP contribution in [-0.2, 0) is 0 Å². The first-order valence-corrected chi connectivity index (χ1v) is 9.94. The minimum atomic E-state index is -0.121. The van der Waals surface area contributed by atoms with E-state index in [1.165, 1.54) is 12.8 Å². The molecule has 144 valence electrons. The maximum Gasteiger partial charge on any atom is 0.232 e. The number of para-hydroxylation sites is 1. The number of furan rings is 1. The average Bonchev–Trinajstić information content (AvgIpc) is 3.44. The molecule has 6 nitrogen and oxygen atoms in total. The first kappa shape index (κ1) is 17.3. The Morgan fingerprint density at radius 2 is 2.04 bits per heavy atom. The average molecular weight is 376 g/mol. The summed E-state index contributed by atoms with van der Waals surface area (Å²) < 4.78 is 14.3. The zero-order valence-corrected chi connectivity index (χ0v) is 16.0. The number of aromatic nitrogens is 3. The number of imidazole rings is 1. The third-order valence-corrected chi connectivity index (χ3v) is 5.68. The summed E-state index contributed by atoms with van der Waals surface area (Å²) in [5, 5.41) is 9.06. The van der Waals surface area contributed by atoms with Crippen molar-refractivity contribution in [3.8, 4) is 17.3 Å². The predicted molar refractivity (Wildman–Crippen MR) is 109 cm³/mol. The molecule has 0 spiro atoms. The minimum Gasteiger partial charge on any atom is -0.470 e. The van der Waals surface area contributed by atoms with E-state index < -0.39 is 0 Å². The van der Waals surface area contributed by atoms with Gasteiger partial charge in [0, 0.05) is 11.5 Å². The molecule has 1 fully saturated rings. The lowest BCUT2D eigenvalue weighted by Gasteiger charge is -2.29. The van der Waals surface area contributed by atoms with Crippen molar-refractivity contribution in [1.29, 1.82) is 0 Å². The number of hydrogen-bond acceptors (Lipinski definition) is 5. The van der Waals surface area contributed by atoms with Crippen molar-refractivity contribution in [2.24, 2.45) is 0 Å². The van der Waals surface area contributed by atoms with Gasteiger partial charge in [-0.05, 0) is 63.9 Å². The Morgan fingerprint density at radius 3 is 2.86 bits per heavy atom. The summed E-state index contributed by atoms with van der Waals surface area (Å²) in [6, 6.07) is 13.9. The topological polar surface area (TPSA) is 64.6 Å². The van der Waals surface area contributed by atoms with Gasteiger partial charge < -0.3 is 14.5 Å². The van der Waals surface area contributed by atoms with Crippen LogP contribution in [0.15, 0.2) is 53.1 Å². The lowest BCUT2D eigenvalue weighted by atomic mass is 9.97. The van der Waals surface area contributed by atoms with Crippen LogP contribution in [0.1, 0.15) is 32.1 Å². The second-order valence-electron chi connectivity index (χ2n) is 7.58. The van der Waals surface area contributed by atoms with Crippen LogP contribution in [0, 0.1) is 0 Å². The first-order chi connectivity index (χ1) is 13.8. The summed E-state index contributed by atoms with van der Waals surface area (Å²) in [4.78, 5) is 4.48. The van der Waals surface area contributed by atoms with Crippen molar-refractivity contribution in [1.82, 2.24) is 19.9 Å². The van der Waals surface area contributed by atoms with Crippen LogP contribution >= 0.6 is 0 Å². The van der Waals surface area contributed by atoms with E-state index in [9.17, 15) is 0 Å². The van der Waals surface area contributed by atoms with Crippen LogP contribution in [0.25, 0.3) is 28.1 Å². The molecule has 1 aliphatic carbocycles. The number of ether oxygens (including phenoxy) is 1. The van der Waals surface area contributed by atoms with Gasteiger partial charge in [-0.25, -0.2) is 9.50 Å². The number of fused-ring (bicyclic) bond motifs is 2. The Balaban J connectivity index is 1.51. The van der Waals surface area contributed by atoms with Gasteiger partial charge in [0.1, 0.15) is 16.9 Å². The van der Waals surface area contributed by atoms with Crippen molar-refractivity contribution in [2.75, 3.05) is 13.6 Å². The number of rotatable bonds is 6. The fraction of sp³-hybridized carbons (Fsp3) is 0.364. The molecule has 4 aromatic rings. The molecule has 5 rings (SSSR count). The molecular formula is C22H24N4O2. The fourth-order valence-electron chi connectivity index (χ4n) is 4.18. The Labute approximate surface area is 163 Å². The maximum absolute atomic E-state index is 6.46. The molecule has 0 bridgehead atoms. The van der Waals surface area contributed by atoms with Crippen molar-refractivity contribution in [3.05, 3.63) is 48.7 Å². The molecule has 0 saturated heterocycles. The molecule has 0 atom stereocenters. The Hall–Kier alpha value is -2.86. The molecule has 3 aromatic heterocycles. The van der Waals surface area contributed by atoms with E-state index in [1.54, 1.807) is 6.20 Å². The quantitative estimate of drug-likeness (QED) is 0.539. The SMILES string of the molecule is CNCCC1(Oc2ccc3ncc(-c4cc5ccccc5o4)n3n2)CCCC1. The smallest absolute Gasteiger partial charge is 0.232 e. The van der Waals surface area contributed by atoms with Crippen LogP contribution in [0.2, 0.25) is 0 Å². The third-order valence-electron chi connectivity index (χ3n) is 5.68. The molecule has 0 radical (unpaired) electrons. The second kappa shape index (κ2) is 6.95. The Bertz CT molecular complexity index is 1080. The summed E-state index contributed by atoms with van der Waals surface area (Å²) in [7, 11) is 1.98. The van der Waals surface area contributed by atoms with Gasteiger partial charge >= 0.3 is 0 Å². The van der Waals surface area contributed by atoms with E-state index in [4.69, 9.17) is 14.3 Å². The summed E-state index contributed by atoms with van der Waals surface area (Å²) in [6.45, 7) is 0.942. The lowest BCUT2D eigenvalue weighted by molar-refractivity contribution is 0.0608. The second-order valence-corrected chi connectivity index (χ2v) is 7.58. The van der Waals surface area contributed by atoms with Gasteiger partial charge in [0.2, 0.25) is 5.88 Å². The maximum atomic E-state index is 6.46. The zero-order chi connectivity index (χ0) is 19.0. The van der Waals surface area contributed by atoms with E-state index in [-0.39, 0.29) is 5.60 Å². The molecule has 0 amide bonds. The molecule has 1 N–H and O–H groups in total. The molecule has 0 aliphatic heterocycles. The van der Waals surface area contributed by atoms with Crippen molar-refractivity contribution >= 4 is 16.6 Å². The summed E-state index contributed by atoms with van der Waals surface area (Å²) in [5.41, 5.74) is 2.34. The largest absolute Gasteiger partial charge is 0.470 e. The van der Waals surface area contributed by atoms with Crippen LogP contribution in [-0.4, -0.2) is 33.8 Å².